The Morgan fingerprint density at radius 3 is 2.65 bits per heavy atom. The molecule has 1 amide bonds. The molecule has 0 aliphatic carbocycles. The molecule has 34 heavy (non-hydrogen) atoms. The van der Waals surface area contributed by atoms with Crippen molar-refractivity contribution in [2.45, 2.75) is 13.3 Å². The molecule has 9 heteroatoms. The summed E-state index contributed by atoms with van der Waals surface area (Å²) in [5.74, 6) is 0.408. The Labute approximate surface area is 198 Å². The standard InChI is InChI=1S/C25H21N5O3S/c1-3-15-6-4-5-7-20(15)27-24-29-30-23(32)19-13-8-16(14-21(19)28-25(30)34-24)22(31)26-17-9-11-18(33-2)12-10-17/h4-14H,3H2,1-2H3,(H,26,31)(H,27,29). The highest BCUT2D eigenvalue weighted by Crippen LogP contribution is 2.25. The number of hydrogen-bond acceptors (Lipinski definition) is 7. The normalized spacial score (nSPS) is 11.0. The van der Waals surface area contributed by atoms with Crippen LogP contribution in [0, 0.1) is 0 Å². The van der Waals surface area contributed by atoms with Gasteiger partial charge in [-0.3, -0.25) is 9.59 Å². The Bertz CT molecular complexity index is 1570. The van der Waals surface area contributed by atoms with Crippen LogP contribution in [0.2, 0.25) is 0 Å². The van der Waals surface area contributed by atoms with E-state index in [-0.39, 0.29) is 11.5 Å². The largest absolute Gasteiger partial charge is 0.497 e. The minimum atomic E-state index is -0.295. The minimum absolute atomic E-state index is 0.282. The summed E-state index contributed by atoms with van der Waals surface area (Å²) in [6.07, 6.45) is 0.873. The van der Waals surface area contributed by atoms with Crippen molar-refractivity contribution >= 4 is 49.6 Å². The average Bonchev–Trinajstić information content (AvgIpc) is 3.27. The van der Waals surface area contributed by atoms with Gasteiger partial charge < -0.3 is 15.4 Å². The van der Waals surface area contributed by atoms with E-state index in [0.29, 0.717) is 38.0 Å². The number of nitrogens with one attached hydrogen (secondary N) is 2. The minimum Gasteiger partial charge on any atom is -0.497 e. The van der Waals surface area contributed by atoms with E-state index < -0.39 is 0 Å². The van der Waals surface area contributed by atoms with Gasteiger partial charge in [0.1, 0.15) is 5.75 Å². The highest BCUT2D eigenvalue weighted by atomic mass is 32.1. The van der Waals surface area contributed by atoms with Crippen molar-refractivity contribution in [3.8, 4) is 5.75 Å². The monoisotopic (exact) mass is 471 g/mol. The van der Waals surface area contributed by atoms with Crippen molar-refractivity contribution < 1.29 is 9.53 Å². The third-order valence-corrected chi connectivity index (χ3v) is 6.27. The number of amides is 1. The van der Waals surface area contributed by atoms with Crippen LogP contribution in [0.15, 0.2) is 71.5 Å². The Kier molecular flexibility index (Phi) is 5.69. The summed E-state index contributed by atoms with van der Waals surface area (Å²) in [5, 5.41) is 11.5. The molecule has 170 valence electrons. The van der Waals surface area contributed by atoms with Gasteiger partial charge in [0.25, 0.3) is 11.5 Å². The van der Waals surface area contributed by atoms with Gasteiger partial charge in [-0.1, -0.05) is 36.5 Å². The Hall–Kier alpha value is -4.24. The average molecular weight is 472 g/mol. The van der Waals surface area contributed by atoms with Gasteiger partial charge in [0, 0.05) is 16.9 Å². The first kappa shape index (κ1) is 21.6. The molecule has 8 nitrogen and oxygen atoms in total. The summed E-state index contributed by atoms with van der Waals surface area (Å²) >= 11 is 1.28. The predicted molar refractivity (Wildman–Crippen MR) is 135 cm³/mol. The highest BCUT2D eigenvalue weighted by Gasteiger charge is 2.14. The number of carbonyl (C=O) groups is 1. The molecule has 0 fully saturated rings. The van der Waals surface area contributed by atoms with E-state index in [1.165, 1.54) is 15.9 Å². The quantitative estimate of drug-likeness (QED) is 0.367. The van der Waals surface area contributed by atoms with Crippen molar-refractivity contribution in [3.63, 3.8) is 0 Å². The zero-order chi connectivity index (χ0) is 23.7. The number of aryl methyl sites for hydroxylation is 1. The molecule has 0 radical (unpaired) electrons. The number of anilines is 3. The summed E-state index contributed by atoms with van der Waals surface area (Å²) in [5.41, 5.74) is 3.30. The van der Waals surface area contributed by atoms with Crippen molar-refractivity contribution in [2.75, 3.05) is 17.7 Å². The smallest absolute Gasteiger partial charge is 0.283 e. The molecular weight excluding hydrogens is 450 g/mol. The van der Waals surface area contributed by atoms with Crippen LogP contribution in [0.25, 0.3) is 15.9 Å². The van der Waals surface area contributed by atoms with Crippen molar-refractivity contribution in [3.05, 3.63) is 88.2 Å². The fourth-order valence-corrected chi connectivity index (χ4v) is 4.45. The van der Waals surface area contributed by atoms with Crippen LogP contribution in [0.4, 0.5) is 16.5 Å². The molecule has 0 aliphatic heterocycles. The summed E-state index contributed by atoms with van der Waals surface area (Å²) in [4.78, 5) is 30.8. The number of carbonyl (C=O) groups excluding carboxylic acids is 1. The van der Waals surface area contributed by atoms with E-state index >= 15 is 0 Å². The van der Waals surface area contributed by atoms with E-state index in [0.717, 1.165) is 17.7 Å². The first-order valence-electron chi connectivity index (χ1n) is 10.7. The van der Waals surface area contributed by atoms with Crippen LogP contribution in [0.3, 0.4) is 0 Å². The first-order chi connectivity index (χ1) is 16.6. The zero-order valence-corrected chi connectivity index (χ0v) is 19.3. The lowest BCUT2D eigenvalue weighted by atomic mass is 10.1. The Morgan fingerprint density at radius 2 is 1.88 bits per heavy atom. The molecule has 5 aromatic rings. The molecule has 0 spiro atoms. The molecule has 0 bridgehead atoms. The van der Waals surface area contributed by atoms with Crippen LogP contribution in [0.1, 0.15) is 22.8 Å². The maximum absolute atomic E-state index is 13.0. The number of para-hydroxylation sites is 1. The van der Waals surface area contributed by atoms with E-state index in [1.54, 1.807) is 49.6 Å². The molecular formula is C25H21N5O3S. The molecule has 2 N–H and O–H groups in total. The Morgan fingerprint density at radius 1 is 1.09 bits per heavy atom. The number of ether oxygens (including phenoxy) is 1. The van der Waals surface area contributed by atoms with Crippen molar-refractivity contribution in [1.29, 1.82) is 0 Å². The number of rotatable bonds is 6. The maximum Gasteiger partial charge on any atom is 0.283 e. The second kappa shape index (κ2) is 8.95. The third-order valence-electron chi connectivity index (χ3n) is 5.45. The molecule has 5 rings (SSSR count). The van der Waals surface area contributed by atoms with E-state index in [1.807, 2.05) is 24.3 Å². The topological polar surface area (TPSA) is 97.6 Å². The van der Waals surface area contributed by atoms with Crippen LogP contribution >= 0.6 is 11.3 Å². The molecule has 2 heterocycles. The van der Waals surface area contributed by atoms with E-state index in [4.69, 9.17) is 4.74 Å². The molecule has 2 aromatic heterocycles. The lowest BCUT2D eigenvalue weighted by Crippen LogP contribution is -2.16. The van der Waals surface area contributed by atoms with Gasteiger partial charge in [-0.05, 0) is 60.5 Å². The lowest BCUT2D eigenvalue weighted by molar-refractivity contribution is 0.102. The predicted octanol–water partition coefficient (Wildman–Crippen LogP) is 4.87. The molecule has 0 atom stereocenters. The fraction of sp³-hybridized carbons (Fsp3) is 0.120. The van der Waals surface area contributed by atoms with Crippen LogP contribution in [-0.2, 0) is 6.42 Å². The van der Waals surface area contributed by atoms with Crippen LogP contribution < -0.4 is 20.9 Å². The van der Waals surface area contributed by atoms with Crippen molar-refractivity contribution in [1.82, 2.24) is 14.6 Å². The Balaban J connectivity index is 1.46. The molecule has 0 saturated carbocycles. The van der Waals surface area contributed by atoms with Gasteiger partial charge >= 0.3 is 0 Å². The zero-order valence-electron chi connectivity index (χ0n) is 18.5. The highest BCUT2D eigenvalue weighted by molar-refractivity contribution is 7.20. The van der Waals surface area contributed by atoms with Crippen LogP contribution in [-0.4, -0.2) is 27.6 Å². The second-order valence-corrected chi connectivity index (χ2v) is 8.52. The number of fused-ring (bicyclic) bond motifs is 2. The molecule has 0 aliphatic rings. The number of methoxy groups -OCH3 is 1. The van der Waals surface area contributed by atoms with Gasteiger partial charge in [0.05, 0.1) is 18.0 Å². The third kappa shape index (κ3) is 4.08. The van der Waals surface area contributed by atoms with E-state index in [2.05, 4.69) is 27.6 Å². The van der Waals surface area contributed by atoms with E-state index in [9.17, 15) is 9.59 Å². The van der Waals surface area contributed by atoms with Gasteiger partial charge in [-0.15, -0.1) is 5.10 Å². The SMILES string of the molecule is CCc1ccccc1Nc1nn2c(=O)c3ccc(C(=O)Nc4ccc(OC)cc4)cc3nc2s1. The fourth-order valence-electron chi connectivity index (χ4n) is 3.64. The maximum atomic E-state index is 13.0. The molecule has 0 saturated heterocycles. The summed E-state index contributed by atoms with van der Waals surface area (Å²) in [7, 11) is 1.58. The number of aromatic nitrogens is 3. The summed E-state index contributed by atoms with van der Waals surface area (Å²) in [6, 6.07) is 19.9. The van der Waals surface area contributed by atoms with Crippen molar-refractivity contribution in [2.24, 2.45) is 0 Å². The number of hydrogen-bond donors (Lipinski definition) is 2. The summed E-state index contributed by atoms with van der Waals surface area (Å²) in [6.45, 7) is 2.08. The number of benzene rings is 3. The van der Waals surface area contributed by atoms with Gasteiger partial charge in [0.15, 0.2) is 0 Å². The van der Waals surface area contributed by atoms with Crippen LogP contribution in [0.5, 0.6) is 5.75 Å². The van der Waals surface area contributed by atoms with Gasteiger partial charge in [0.2, 0.25) is 10.1 Å². The van der Waals surface area contributed by atoms with Gasteiger partial charge in [-0.25, -0.2) is 4.98 Å². The first-order valence-corrected chi connectivity index (χ1v) is 11.5. The summed E-state index contributed by atoms with van der Waals surface area (Å²) < 4.78 is 6.43. The lowest BCUT2D eigenvalue weighted by Gasteiger charge is -2.07. The molecule has 0 unspecified atom stereocenters. The molecule has 3 aromatic carbocycles. The number of nitrogens with zero attached hydrogens (tertiary/aromatic N) is 3. The van der Waals surface area contributed by atoms with Gasteiger partial charge in [-0.2, -0.15) is 4.52 Å². The second-order valence-electron chi connectivity index (χ2n) is 7.57.